The van der Waals surface area contributed by atoms with E-state index in [9.17, 15) is 18.0 Å². The lowest BCUT2D eigenvalue weighted by atomic mass is 10.2. The highest BCUT2D eigenvalue weighted by molar-refractivity contribution is 6.30. The van der Waals surface area contributed by atoms with Crippen LogP contribution in [-0.2, 0) is 15.7 Å². The maximum absolute atomic E-state index is 13.1. The average molecular weight is 403 g/mol. The van der Waals surface area contributed by atoms with E-state index in [4.69, 9.17) is 25.8 Å². The molecule has 4 nitrogen and oxygen atoms in total. The molecule has 0 aliphatic carbocycles. The van der Waals surface area contributed by atoms with E-state index in [0.29, 0.717) is 18.8 Å². The van der Waals surface area contributed by atoms with E-state index < -0.39 is 23.8 Å². The topological polar surface area (TPSA) is 44.8 Å². The Kier molecular flexibility index (Phi) is 6.96. The third-order valence-corrected chi connectivity index (χ3v) is 3.63. The molecule has 2 aromatic rings. The van der Waals surface area contributed by atoms with Gasteiger partial charge < -0.3 is 14.2 Å². The van der Waals surface area contributed by atoms with Crippen molar-refractivity contribution in [1.29, 1.82) is 0 Å². The highest BCUT2D eigenvalue weighted by Gasteiger charge is 2.34. The maximum atomic E-state index is 13.1. The Morgan fingerprint density at radius 3 is 2.33 bits per heavy atom. The molecule has 0 spiro atoms. The SMILES string of the molecule is CCCOC(=O)C(C)Oc1ccc(Oc2ccc(Cl)cc2C(F)(F)F)cc1. The van der Waals surface area contributed by atoms with Crippen LogP contribution in [0.3, 0.4) is 0 Å². The number of carbonyl (C=O) groups excluding carboxylic acids is 1. The summed E-state index contributed by atoms with van der Waals surface area (Å²) in [7, 11) is 0. The molecule has 0 radical (unpaired) electrons. The summed E-state index contributed by atoms with van der Waals surface area (Å²) >= 11 is 5.64. The number of alkyl halides is 3. The Labute approximate surface area is 159 Å². The number of carbonyl (C=O) groups is 1. The zero-order valence-electron chi connectivity index (χ0n) is 14.7. The molecule has 0 fully saturated rings. The van der Waals surface area contributed by atoms with Crippen molar-refractivity contribution in [3.8, 4) is 17.2 Å². The van der Waals surface area contributed by atoms with Crippen LogP contribution in [0.4, 0.5) is 13.2 Å². The molecular formula is C19H18ClF3O4. The van der Waals surface area contributed by atoms with Crippen LogP contribution in [0.5, 0.6) is 17.2 Å². The van der Waals surface area contributed by atoms with Gasteiger partial charge in [0.1, 0.15) is 17.2 Å². The van der Waals surface area contributed by atoms with Gasteiger partial charge in [-0.05, 0) is 55.8 Å². The molecule has 0 saturated carbocycles. The second kappa shape index (κ2) is 8.99. The van der Waals surface area contributed by atoms with Gasteiger partial charge in [0.2, 0.25) is 0 Å². The number of benzene rings is 2. The minimum Gasteiger partial charge on any atom is -0.479 e. The first-order chi connectivity index (χ1) is 12.7. The Morgan fingerprint density at radius 1 is 1.11 bits per heavy atom. The van der Waals surface area contributed by atoms with E-state index in [2.05, 4.69) is 0 Å². The molecular weight excluding hydrogens is 385 g/mol. The Bertz CT molecular complexity index is 776. The summed E-state index contributed by atoms with van der Waals surface area (Å²) in [5.74, 6) is -0.322. The Morgan fingerprint density at radius 2 is 1.74 bits per heavy atom. The number of rotatable bonds is 7. The van der Waals surface area contributed by atoms with Gasteiger partial charge in [-0.2, -0.15) is 13.2 Å². The predicted octanol–water partition coefficient (Wildman–Crippen LogP) is 5.87. The van der Waals surface area contributed by atoms with E-state index in [1.165, 1.54) is 30.3 Å². The lowest BCUT2D eigenvalue weighted by Gasteiger charge is -2.15. The summed E-state index contributed by atoms with van der Waals surface area (Å²) in [6.07, 6.45) is -4.71. The van der Waals surface area contributed by atoms with Gasteiger partial charge in [0, 0.05) is 5.02 Å². The fourth-order valence-electron chi connectivity index (χ4n) is 2.10. The van der Waals surface area contributed by atoms with E-state index in [0.717, 1.165) is 12.1 Å². The normalized spacial score (nSPS) is 12.4. The summed E-state index contributed by atoms with van der Waals surface area (Å²) in [5.41, 5.74) is -0.970. The molecule has 0 N–H and O–H groups in total. The van der Waals surface area contributed by atoms with Crippen LogP contribution in [0.1, 0.15) is 25.8 Å². The molecule has 2 aromatic carbocycles. The molecule has 0 aliphatic heterocycles. The molecule has 0 aliphatic rings. The van der Waals surface area contributed by atoms with Crippen LogP contribution in [-0.4, -0.2) is 18.7 Å². The molecule has 0 bridgehead atoms. The quantitative estimate of drug-likeness (QED) is 0.543. The first kappa shape index (κ1) is 20.9. The van der Waals surface area contributed by atoms with Gasteiger partial charge >= 0.3 is 12.1 Å². The van der Waals surface area contributed by atoms with Crippen molar-refractivity contribution in [2.75, 3.05) is 6.61 Å². The van der Waals surface area contributed by atoms with Gasteiger partial charge in [-0.3, -0.25) is 0 Å². The summed E-state index contributed by atoms with van der Waals surface area (Å²) in [6, 6.07) is 9.12. The zero-order chi connectivity index (χ0) is 20.0. The fraction of sp³-hybridized carbons (Fsp3) is 0.316. The van der Waals surface area contributed by atoms with Crippen LogP contribution in [0.25, 0.3) is 0 Å². The van der Waals surface area contributed by atoms with Gasteiger partial charge in [-0.15, -0.1) is 0 Å². The Hall–Kier alpha value is -2.41. The van der Waals surface area contributed by atoms with Crippen molar-refractivity contribution in [2.45, 2.75) is 32.5 Å². The van der Waals surface area contributed by atoms with E-state index >= 15 is 0 Å². The average Bonchev–Trinajstić information content (AvgIpc) is 2.61. The number of ether oxygens (including phenoxy) is 3. The number of esters is 1. The van der Waals surface area contributed by atoms with E-state index in [1.54, 1.807) is 6.92 Å². The van der Waals surface area contributed by atoms with Crippen LogP contribution in [0, 0.1) is 0 Å². The minimum atomic E-state index is -4.60. The zero-order valence-corrected chi connectivity index (χ0v) is 15.4. The molecule has 0 aromatic heterocycles. The monoisotopic (exact) mass is 402 g/mol. The highest BCUT2D eigenvalue weighted by Crippen LogP contribution is 2.39. The number of halogens is 4. The van der Waals surface area contributed by atoms with Crippen LogP contribution in [0.15, 0.2) is 42.5 Å². The molecule has 1 atom stereocenters. The van der Waals surface area contributed by atoms with Gasteiger partial charge in [-0.25, -0.2) is 4.79 Å². The van der Waals surface area contributed by atoms with Crippen molar-refractivity contribution in [3.63, 3.8) is 0 Å². The van der Waals surface area contributed by atoms with Crippen molar-refractivity contribution >= 4 is 17.6 Å². The van der Waals surface area contributed by atoms with Crippen LogP contribution in [0.2, 0.25) is 5.02 Å². The molecule has 2 rings (SSSR count). The van der Waals surface area contributed by atoms with Crippen molar-refractivity contribution in [2.24, 2.45) is 0 Å². The van der Waals surface area contributed by atoms with Crippen molar-refractivity contribution in [1.82, 2.24) is 0 Å². The van der Waals surface area contributed by atoms with Crippen LogP contribution < -0.4 is 9.47 Å². The second-order valence-corrected chi connectivity index (χ2v) is 6.08. The summed E-state index contributed by atoms with van der Waals surface area (Å²) in [5, 5.41) is -0.0395. The highest BCUT2D eigenvalue weighted by atomic mass is 35.5. The maximum Gasteiger partial charge on any atom is 0.420 e. The molecule has 0 amide bonds. The lowest BCUT2D eigenvalue weighted by Crippen LogP contribution is -2.26. The summed E-state index contributed by atoms with van der Waals surface area (Å²) in [6.45, 7) is 3.73. The predicted molar refractivity (Wildman–Crippen MR) is 94.3 cm³/mol. The van der Waals surface area contributed by atoms with Crippen molar-refractivity contribution < 1.29 is 32.2 Å². The third kappa shape index (κ3) is 6.06. The molecule has 27 heavy (non-hydrogen) atoms. The van der Waals surface area contributed by atoms with Gasteiger partial charge in [0.25, 0.3) is 0 Å². The second-order valence-electron chi connectivity index (χ2n) is 5.64. The molecule has 0 saturated heterocycles. The lowest BCUT2D eigenvalue weighted by molar-refractivity contribution is -0.151. The standard InChI is InChI=1S/C19H18ClF3O4/c1-3-10-25-18(24)12(2)26-14-5-7-15(8-6-14)27-17-9-4-13(20)11-16(17)19(21,22)23/h4-9,11-12H,3,10H2,1-2H3. The van der Waals surface area contributed by atoms with E-state index in [1.807, 2.05) is 6.92 Å². The van der Waals surface area contributed by atoms with Gasteiger partial charge in [0.05, 0.1) is 12.2 Å². The van der Waals surface area contributed by atoms with Crippen molar-refractivity contribution in [3.05, 3.63) is 53.1 Å². The van der Waals surface area contributed by atoms with Gasteiger partial charge in [-0.1, -0.05) is 18.5 Å². The number of hydrogen-bond acceptors (Lipinski definition) is 4. The van der Waals surface area contributed by atoms with E-state index in [-0.39, 0.29) is 16.5 Å². The summed E-state index contributed by atoms with van der Waals surface area (Å²) in [4.78, 5) is 11.7. The number of hydrogen-bond donors (Lipinski definition) is 0. The molecule has 8 heteroatoms. The molecule has 146 valence electrons. The van der Waals surface area contributed by atoms with Gasteiger partial charge in [0.15, 0.2) is 6.10 Å². The first-order valence-electron chi connectivity index (χ1n) is 8.18. The third-order valence-electron chi connectivity index (χ3n) is 3.39. The molecule has 1 unspecified atom stereocenters. The minimum absolute atomic E-state index is 0.0395. The Balaban J connectivity index is 2.07. The first-order valence-corrected chi connectivity index (χ1v) is 8.56. The summed E-state index contributed by atoms with van der Waals surface area (Å²) < 4.78 is 55.0. The molecule has 0 heterocycles. The smallest absolute Gasteiger partial charge is 0.420 e. The van der Waals surface area contributed by atoms with Crippen LogP contribution >= 0.6 is 11.6 Å². The largest absolute Gasteiger partial charge is 0.479 e. The fourth-order valence-corrected chi connectivity index (χ4v) is 2.27.